The Bertz CT molecular complexity index is 842. The Morgan fingerprint density at radius 3 is 2.96 bits per heavy atom. The monoisotopic (exact) mass is 317 g/mol. The second-order valence-electron chi connectivity index (χ2n) is 4.65. The average Bonchev–Trinajstić information content (AvgIpc) is 3.19. The van der Waals surface area contributed by atoms with E-state index in [-0.39, 0.29) is 24.8 Å². The van der Waals surface area contributed by atoms with Gasteiger partial charge in [0.1, 0.15) is 23.7 Å². The summed E-state index contributed by atoms with van der Waals surface area (Å²) in [6, 6.07) is 6.87. The van der Waals surface area contributed by atoms with Crippen molar-refractivity contribution in [2.45, 2.75) is 0 Å². The van der Waals surface area contributed by atoms with Gasteiger partial charge in [-0.05, 0) is 30.3 Å². The highest BCUT2D eigenvalue weighted by atomic mass is 19.1. The molecular formula is C15H12FN3O4. The van der Waals surface area contributed by atoms with Gasteiger partial charge in [0.25, 0.3) is 5.91 Å². The molecule has 0 saturated heterocycles. The SMILES string of the molecule is O=C(NCCOC(=O)c1cc2cc(F)ccc2o1)c1ccn[nH]1. The number of ether oxygens (including phenoxy) is 1. The van der Waals surface area contributed by atoms with Crippen LogP contribution in [0.25, 0.3) is 11.0 Å². The Kier molecular flexibility index (Phi) is 4.05. The molecule has 1 aromatic carbocycles. The molecule has 2 N–H and O–H groups in total. The van der Waals surface area contributed by atoms with Crippen LogP contribution in [0.5, 0.6) is 0 Å². The van der Waals surface area contributed by atoms with Gasteiger partial charge < -0.3 is 14.5 Å². The van der Waals surface area contributed by atoms with E-state index >= 15 is 0 Å². The summed E-state index contributed by atoms with van der Waals surface area (Å²) >= 11 is 0. The highest BCUT2D eigenvalue weighted by Crippen LogP contribution is 2.20. The summed E-state index contributed by atoms with van der Waals surface area (Å²) in [6.07, 6.45) is 1.46. The normalized spacial score (nSPS) is 10.7. The van der Waals surface area contributed by atoms with Gasteiger partial charge in [-0.3, -0.25) is 9.89 Å². The van der Waals surface area contributed by atoms with Gasteiger partial charge in [0.05, 0.1) is 6.54 Å². The number of nitrogens with zero attached hydrogens (tertiary/aromatic N) is 1. The molecule has 7 nitrogen and oxygen atoms in total. The quantitative estimate of drug-likeness (QED) is 0.553. The molecule has 0 saturated carbocycles. The van der Waals surface area contributed by atoms with Crippen LogP contribution in [0.3, 0.4) is 0 Å². The molecule has 0 unspecified atom stereocenters. The van der Waals surface area contributed by atoms with E-state index in [1.54, 1.807) is 0 Å². The summed E-state index contributed by atoms with van der Waals surface area (Å²) in [7, 11) is 0. The van der Waals surface area contributed by atoms with E-state index < -0.39 is 11.8 Å². The number of esters is 1. The molecule has 118 valence electrons. The van der Waals surface area contributed by atoms with Crippen LogP contribution in [0.15, 0.2) is 40.9 Å². The standard InChI is InChI=1S/C15H12FN3O4/c16-10-1-2-12-9(7-10)8-13(23-12)15(21)22-6-5-17-14(20)11-3-4-18-19-11/h1-4,7-8H,5-6H2,(H,17,20)(H,18,19). The number of aromatic amines is 1. The van der Waals surface area contributed by atoms with Gasteiger partial charge in [-0.15, -0.1) is 0 Å². The maximum atomic E-state index is 13.1. The number of halogens is 1. The molecular weight excluding hydrogens is 305 g/mol. The molecule has 0 spiro atoms. The highest BCUT2D eigenvalue weighted by molar-refractivity contribution is 5.93. The zero-order valence-electron chi connectivity index (χ0n) is 11.8. The number of H-pyrrole nitrogens is 1. The number of hydrogen-bond donors (Lipinski definition) is 2. The third-order valence-electron chi connectivity index (χ3n) is 3.05. The van der Waals surface area contributed by atoms with Gasteiger partial charge in [0, 0.05) is 11.6 Å². The first-order valence-corrected chi connectivity index (χ1v) is 6.77. The summed E-state index contributed by atoms with van der Waals surface area (Å²) in [5, 5.41) is 9.21. The molecule has 0 aliphatic rings. The molecule has 1 amide bonds. The van der Waals surface area contributed by atoms with Crippen LogP contribution >= 0.6 is 0 Å². The Labute approximate surface area is 129 Å². The molecule has 23 heavy (non-hydrogen) atoms. The van der Waals surface area contributed by atoms with E-state index in [1.165, 1.54) is 36.5 Å². The number of benzene rings is 1. The van der Waals surface area contributed by atoms with Gasteiger partial charge in [0.2, 0.25) is 5.76 Å². The number of fused-ring (bicyclic) bond motifs is 1. The van der Waals surface area contributed by atoms with Crippen molar-refractivity contribution in [3.05, 3.63) is 53.8 Å². The fourth-order valence-corrected chi connectivity index (χ4v) is 1.97. The van der Waals surface area contributed by atoms with Crippen LogP contribution in [-0.2, 0) is 4.74 Å². The molecule has 2 aromatic heterocycles. The zero-order chi connectivity index (χ0) is 16.2. The number of furan rings is 1. The lowest BCUT2D eigenvalue weighted by molar-refractivity contribution is 0.0470. The fraction of sp³-hybridized carbons (Fsp3) is 0.133. The summed E-state index contributed by atoms with van der Waals surface area (Å²) in [6.45, 7) is 0.114. The predicted molar refractivity (Wildman–Crippen MR) is 77.4 cm³/mol. The van der Waals surface area contributed by atoms with Gasteiger partial charge in [-0.1, -0.05) is 0 Å². The Morgan fingerprint density at radius 2 is 2.17 bits per heavy atom. The lowest BCUT2D eigenvalue weighted by Crippen LogP contribution is -2.28. The molecule has 3 aromatic rings. The van der Waals surface area contributed by atoms with Crippen molar-refractivity contribution >= 4 is 22.8 Å². The van der Waals surface area contributed by atoms with Crippen molar-refractivity contribution in [1.82, 2.24) is 15.5 Å². The van der Waals surface area contributed by atoms with E-state index in [1.807, 2.05) is 0 Å². The first-order valence-electron chi connectivity index (χ1n) is 6.77. The summed E-state index contributed by atoms with van der Waals surface area (Å²) in [5.74, 6) is -1.47. The first-order chi connectivity index (χ1) is 11.1. The Morgan fingerprint density at radius 1 is 1.30 bits per heavy atom. The summed E-state index contributed by atoms with van der Waals surface area (Å²) in [4.78, 5) is 23.4. The molecule has 0 aliphatic heterocycles. The van der Waals surface area contributed by atoms with Crippen molar-refractivity contribution in [3.8, 4) is 0 Å². The topological polar surface area (TPSA) is 97.2 Å². The van der Waals surface area contributed by atoms with E-state index in [0.717, 1.165) is 0 Å². The van der Waals surface area contributed by atoms with Crippen LogP contribution in [0.1, 0.15) is 21.0 Å². The molecule has 0 bridgehead atoms. The smallest absolute Gasteiger partial charge is 0.374 e. The third kappa shape index (κ3) is 3.37. The van der Waals surface area contributed by atoms with E-state index in [4.69, 9.17) is 9.15 Å². The second kappa shape index (κ2) is 6.30. The molecule has 0 radical (unpaired) electrons. The molecule has 8 heteroatoms. The first kappa shape index (κ1) is 14.8. The fourth-order valence-electron chi connectivity index (χ4n) is 1.97. The van der Waals surface area contributed by atoms with Crippen molar-refractivity contribution < 1.29 is 23.1 Å². The number of nitrogens with one attached hydrogen (secondary N) is 2. The molecule has 3 rings (SSSR count). The summed E-state index contributed by atoms with van der Waals surface area (Å²) < 4.78 is 23.4. The van der Waals surface area contributed by atoms with Crippen molar-refractivity contribution in [2.75, 3.05) is 13.2 Å². The second-order valence-corrected chi connectivity index (χ2v) is 4.65. The highest BCUT2D eigenvalue weighted by Gasteiger charge is 2.14. The number of aromatic nitrogens is 2. The largest absolute Gasteiger partial charge is 0.458 e. The average molecular weight is 317 g/mol. The number of amides is 1. The van der Waals surface area contributed by atoms with Crippen molar-refractivity contribution in [3.63, 3.8) is 0 Å². The maximum absolute atomic E-state index is 13.1. The lowest BCUT2D eigenvalue weighted by Gasteiger charge is -2.04. The van der Waals surface area contributed by atoms with Gasteiger partial charge >= 0.3 is 5.97 Å². The lowest BCUT2D eigenvalue weighted by atomic mass is 10.2. The van der Waals surface area contributed by atoms with Crippen LogP contribution < -0.4 is 5.32 Å². The minimum absolute atomic E-state index is 0.0227. The van der Waals surface area contributed by atoms with Gasteiger partial charge in [-0.25, -0.2) is 9.18 Å². The van der Waals surface area contributed by atoms with Crippen LogP contribution in [0.2, 0.25) is 0 Å². The number of hydrogen-bond acceptors (Lipinski definition) is 5. The predicted octanol–water partition coefficient (Wildman–Crippen LogP) is 1.88. The minimum Gasteiger partial charge on any atom is -0.458 e. The number of carbonyl (C=O) groups is 2. The molecule has 0 aliphatic carbocycles. The van der Waals surface area contributed by atoms with Crippen molar-refractivity contribution in [2.24, 2.45) is 0 Å². The molecule has 0 atom stereocenters. The molecule has 2 heterocycles. The Balaban J connectivity index is 1.51. The van der Waals surface area contributed by atoms with E-state index in [2.05, 4.69) is 15.5 Å². The van der Waals surface area contributed by atoms with Gasteiger partial charge in [0.15, 0.2) is 0 Å². The third-order valence-corrected chi connectivity index (χ3v) is 3.05. The zero-order valence-corrected chi connectivity index (χ0v) is 11.8. The van der Waals surface area contributed by atoms with E-state index in [0.29, 0.717) is 16.7 Å². The van der Waals surface area contributed by atoms with Gasteiger partial charge in [-0.2, -0.15) is 5.10 Å². The maximum Gasteiger partial charge on any atom is 0.374 e. The number of rotatable bonds is 5. The van der Waals surface area contributed by atoms with Crippen LogP contribution in [0.4, 0.5) is 4.39 Å². The van der Waals surface area contributed by atoms with Crippen LogP contribution in [-0.4, -0.2) is 35.2 Å². The van der Waals surface area contributed by atoms with Crippen LogP contribution in [0, 0.1) is 5.82 Å². The summed E-state index contributed by atoms with van der Waals surface area (Å²) in [5.41, 5.74) is 0.710. The van der Waals surface area contributed by atoms with Crippen molar-refractivity contribution in [1.29, 1.82) is 0 Å². The van der Waals surface area contributed by atoms with E-state index in [9.17, 15) is 14.0 Å². The Hall–Kier alpha value is -3.16. The molecule has 0 fully saturated rings. The number of carbonyl (C=O) groups excluding carboxylic acids is 2. The minimum atomic E-state index is -0.683.